The lowest BCUT2D eigenvalue weighted by Gasteiger charge is -2.17. The molecule has 0 bridgehead atoms. The Morgan fingerprint density at radius 2 is 0.345 bits per heavy atom. The summed E-state index contributed by atoms with van der Waals surface area (Å²) in [7, 11) is 0. The molecule has 8 aromatic rings. The maximum atomic E-state index is 2.40. The van der Waals surface area contributed by atoms with Gasteiger partial charge in [0, 0.05) is 0 Å². The maximum absolute atomic E-state index is 2.40. The molecular weight excluding hydrogens is 661 g/mol. The van der Waals surface area contributed by atoms with E-state index in [0.717, 1.165) is 0 Å². The minimum Gasteiger partial charge on any atom is -0.0587 e. The molecule has 55 heavy (non-hydrogen) atoms. The van der Waals surface area contributed by atoms with E-state index in [1.54, 1.807) is 0 Å². The molecule has 0 spiro atoms. The van der Waals surface area contributed by atoms with Crippen LogP contribution in [0.2, 0.25) is 0 Å². The van der Waals surface area contributed by atoms with Crippen molar-refractivity contribution in [2.24, 2.45) is 0 Å². The first-order chi connectivity index (χ1) is 26.6. The molecule has 8 aromatic carbocycles. The van der Waals surface area contributed by atoms with Crippen LogP contribution >= 0.6 is 0 Å². The van der Waals surface area contributed by atoms with Crippen LogP contribution in [0.15, 0.2) is 164 Å². The third-order valence-corrected chi connectivity index (χ3v) is 11.3. The lowest BCUT2D eigenvalue weighted by Crippen LogP contribution is -1.92. The monoisotopic (exact) mass is 708 g/mol. The molecule has 0 saturated carbocycles. The zero-order chi connectivity index (χ0) is 38.2. The average Bonchev–Trinajstić information content (AvgIpc) is 3.20. The molecule has 0 nitrogen and oxygen atoms in total. The van der Waals surface area contributed by atoms with E-state index in [-0.39, 0.29) is 0 Å². The van der Waals surface area contributed by atoms with Crippen LogP contribution in [0, 0.1) is 48.5 Å². The van der Waals surface area contributed by atoms with Gasteiger partial charge in [-0.3, -0.25) is 0 Å². The van der Waals surface area contributed by atoms with E-state index in [2.05, 4.69) is 212 Å². The van der Waals surface area contributed by atoms with Gasteiger partial charge in [-0.1, -0.05) is 131 Å². The standard InChI is InChI=1S/C55H48/c1-35-8-16-42(17-9-35)47-26-48(43-18-10-36(2)11-19-43)29-52(28-47)54-32-51(46-24-39(5)41(7)40(6)25-46)33-55(34-54)53-30-49(44-20-12-37(3)13-21-44)27-50(31-53)45-22-14-38(4)15-23-45/h8-34H,1-7H3. The number of hydrogen-bond donors (Lipinski definition) is 0. The molecule has 0 fully saturated rings. The Kier molecular flexibility index (Phi) is 9.68. The topological polar surface area (TPSA) is 0 Å². The molecule has 0 aliphatic rings. The highest BCUT2D eigenvalue weighted by atomic mass is 14.2. The quantitative estimate of drug-likeness (QED) is 0.155. The first-order valence-electron chi connectivity index (χ1n) is 19.4. The molecule has 0 heterocycles. The summed E-state index contributed by atoms with van der Waals surface area (Å²) in [5.74, 6) is 0. The maximum Gasteiger partial charge on any atom is -0.0171 e. The number of rotatable bonds is 7. The zero-order valence-electron chi connectivity index (χ0n) is 33.1. The van der Waals surface area contributed by atoms with E-state index in [1.165, 1.54) is 117 Å². The van der Waals surface area contributed by atoms with Crippen LogP contribution in [0.4, 0.5) is 0 Å². The minimum absolute atomic E-state index is 1.20. The summed E-state index contributed by atoms with van der Waals surface area (Å²) >= 11 is 0. The Labute approximate surface area is 327 Å². The first-order valence-corrected chi connectivity index (χ1v) is 19.4. The summed E-state index contributed by atoms with van der Waals surface area (Å²) < 4.78 is 0. The number of aryl methyl sites for hydroxylation is 6. The van der Waals surface area contributed by atoms with Crippen molar-refractivity contribution in [2.75, 3.05) is 0 Å². The molecule has 0 amide bonds. The second kappa shape index (κ2) is 14.9. The van der Waals surface area contributed by atoms with Gasteiger partial charge in [0.25, 0.3) is 0 Å². The van der Waals surface area contributed by atoms with Crippen molar-refractivity contribution in [2.45, 2.75) is 48.5 Å². The van der Waals surface area contributed by atoms with Crippen molar-refractivity contribution in [3.05, 3.63) is 203 Å². The second-order valence-corrected chi connectivity index (χ2v) is 15.6. The fraction of sp³-hybridized carbons (Fsp3) is 0.127. The van der Waals surface area contributed by atoms with E-state index in [9.17, 15) is 0 Å². The first kappa shape index (κ1) is 35.8. The van der Waals surface area contributed by atoms with Crippen molar-refractivity contribution in [1.82, 2.24) is 0 Å². The largest absolute Gasteiger partial charge is 0.0587 e. The summed E-state index contributed by atoms with van der Waals surface area (Å²) in [6.45, 7) is 15.3. The molecule has 0 N–H and O–H groups in total. The second-order valence-electron chi connectivity index (χ2n) is 15.6. The van der Waals surface area contributed by atoms with Crippen LogP contribution in [-0.2, 0) is 0 Å². The lowest BCUT2D eigenvalue weighted by molar-refractivity contribution is 1.27. The van der Waals surface area contributed by atoms with Crippen LogP contribution in [0.25, 0.3) is 77.9 Å². The van der Waals surface area contributed by atoms with Gasteiger partial charge in [-0.2, -0.15) is 0 Å². The van der Waals surface area contributed by atoms with Gasteiger partial charge in [-0.25, -0.2) is 0 Å². The molecule has 0 saturated heterocycles. The molecule has 0 unspecified atom stereocenters. The van der Waals surface area contributed by atoms with Crippen molar-refractivity contribution in [1.29, 1.82) is 0 Å². The minimum atomic E-state index is 1.20. The molecular formula is C55H48. The van der Waals surface area contributed by atoms with Gasteiger partial charge in [0.2, 0.25) is 0 Å². The fourth-order valence-electron chi connectivity index (χ4n) is 7.57. The molecule has 0 radical (unpaired) electrons. The van der Waals surface area contributed by atoms with E-state index in [1.807, 2.05) is 0 Å². The third kappa shape index (κ3) is 7.73. The van der Waals surface area contributed by atoms with E-state index < -0.39 is 0 Å². The molecule has 268 valence electrons. The normalized spacial score (nSPS) is 11.2. The van der Waals surface area contributed by atoms with Gasteiger partial charge >= 0.3 is 0 Å². The van der Waals surface area contributed by atoms with Gasteiger partial charge in [-0.15, -0.1) is 0 Å². The van der Waals surface area contributed by atoms with Crippen molar-refractivity contribution < 1.29 is 0 Å². The highest BCUT2D eigenvalue weighted by Crippen LogP contribution is 2.40. The smallest absolute Gasteiger partial charge is 0.0171 e. The predicted molar refractivity (Wildman–Crippen MR) is 238 cm³/mol. The average molecular weight is 709 g/mol. The highest BCUT2D eigenvalue weighted by Gasteiger charge is 2.15. The van der Waals surface area contributed by atoms with Crippen molar-refractivity contribution >= 4 is 0 Å². The number of hydrogen-bond acceptors (Lipinski definition) is 0. The van der Waals surface area contributed by atoms with Crippen molar-refractivity contribution in [3.63, 3.8) is 0 Å². The van der Waals surface area contributed by atoms with Gasteiger partial charge in [0.15, 0.2) is 0 Å². The van der Waals surface area contributed by atoms with Gasteiger partial charge in [0.1, 0.15) is 0 Å². The molecule has 0 aliphatic heterocycles. The Hall–Kier alpha value is -6.24. The van der Waals surface area contributed by atoms with E-state index in [0.29, 0.717) is 0 Å². The fourth-order valence-corrected chi connectivity index (χ4v) is 7.57. The summed E-state index contributed by atoms with van der Waals surface area (Å²) in [6.07, 6.45) is 0. The van der Waals surface area contributed by atoms with Gasteiger partial charge in [0.05, 0.1) is 0 Å². The Morgan fingerprint density at radius 3 is 0.545 bits per heavy atom. The van der Waals surface area contributed by atoms with Crippen molar-refractivity contribution in [3.8, 4) is 77.9 Å². The summed E-state index contributed by atoms with van der Waals surface area (Å²) in [5, 5.41) is 0. The van der Waals surface area contributed by atoms with E-state index in [4.69, 9.17) is 0 Å². The van der Waals surface area contributed by atoms with Crippen LogP contribution in [0.1, 0.15) is 38.9 Å². The molecule has 0 heteroatoms. The van der Waals surface area contributed by atoms with Crippen LogP contribution < -0.4 is 0 Å². The Morgan fingerprint density at radius 1 is 0.182 bits per heavy atom. The Bertz CT molecular complexity index is 2340. The van der Waals surface area contributed by atoms with Crippen LogP contribution in [0.5, 0.6) is 0 Å². The molecule has 8 rings (SSSR count). The van der Waals surface area contributed by atoms with Crippen LogP contribution in [0.3, 0.4) is 0 Å². The SMILES string of the molecule is Cc1ccc(-c2cc(-c3ccc(C)cc3)cc(-c3cc(-c4cc(-c5ccc(C)cc5)cc(-c5ccc(C)cc5)c4)cc(-c4cc(C)c(C)c(C)c4)c3)c2)cc1. The summed E-state index contributed by atoms with van der Waals surface area (Å²) in [5.41, 5.74) is 26.0. The van der Waals surface area contributed by atoms with Gasteiger partial charge in [-0.05, 0) is 198 Å². The van der Waals surface area contributed by atoms with E-state index >= 15 is 0 Å². The number of benzene rings is 8. The molecule has 0 aliphatic carbocycles. The Balaban J connectivity index is 1.39. The predicted octanol–water partition coefficient (Wildman–Crippen LogP) is 15.5. The zero-order valence-corrected chi connectivity index (χ0v) is 33.1. The molecule has 0 atom stereocenters. The summed E-state index contributed by atoms with van der Waals surface area (Å²) in [6, 6.07) is 61.7. The van der Waals surface area contributed by atoms with Gasteiger partial charge < -0.3 is 0 Å². The highest BCUT2D eigenvalue weighted by molar-refractivity contribution is 5.88. The lowest BCUT2D eigenvalue weighted by atomic mass is 9.87. The summed E-state index contributed by atoms with van der Waals surface area (Å²) in [4.78, 5) is 0. The third-order valence-electron chi connectivity index (χ3n) is 11.3. The molecule has 0 aromatic heterocycles. The van der Waals surface area contributed by atoms with Crippen LogP contribution in [-0.4, -0.2) is 0 Å².